The predicted molar refractivity (Wildman–Crippen MR) is 143 cm³/mol. The second-order valence-corrected chi connectivity index (χ2v) is 9.32. The molecule has 0 aliphatic carbocycles. The number of carbonyl (C=O) groups excluding carboxylic acids is 3. The van der Waals surface area contributed by atoms with E-state index in [0.717, 1.165) is 4.90 Å². The van der Waals surface area contributed by atoms with Gasteiger partial charge in [0.05, 0.1) is 32.4 Å². The zero-order valence-electron chi connectivity index (χ0n) is 19.9. The van der Waals surface area contributed by atoms with E-state index < -0.39 is 29.7 Å². The Kier molecular flexibility index (Phi) is 7.38. The molecule has 1 aliphatic rings. The molecule has 194 valence electrons. The van der Waals surface area contributed by atoms with E-state index in [9.17, 15) is 24.3 Å². The van der Waals surface area contributed by atoms with E-state index in [1.165, 1.54) is 12.1 Å². The van der Waals surface area contributed by atoms with Gasteiger partial charge in [0.25, 0.3) is 17.7 Å². The molecule has 4 rings (SSSR count). The highest BCUT2D eigenvalue weighted by Crippen LogP contribution is 2.31. The van der Waals surface area contributed by atoms with Crippen LogP contribution in [0.1, 0.15) is 47.8 Å². The summed E-state index contributed by atoms with van der Waals surface area (Å²) in [7, 11) is 0. The standard InChI is InChI=1S/C26H21Cl2N5O5/c1-12-3-2-4-16-20(12)25(36)33(24(16)35)15-7-5-13(6-8-15)9-19(26(37)38)31-23(34)21-17(27)10-14(11-18(21)28)22(29)32-30/h2-8,10-11,19H,9,30H2,1H3,(H2,29,32)(H,31,34)(H,37,38)/t19-/m0/s1. The Morgan fingerprint density at radius 3 is 2.24 bits per heavy atom. The number of imide groups is 1. The number of nitrogens with zero attached hydrogens (tertiary/aromatic N) is 2. The van der Waals surface area contributed by atoms with Gasteiger partial charge in [-0.05, 0) is 48.4 Å². The Morgan fingerprint density at radius 2 is 1.68 bits per heavy atom. The van der Waals surface area contributed by atoms with Crippen molar-refractivity contribution in [1.82, 2.24) is 5.32 Å². The maximum atomic E-state index is 12.9. The smallest absolute Gasteiger partial charge is 0.326 e. The summed E-state index contributed by atoms with van der Waals surface area (Å²) in [4.78, 5) is 51.6. The number of carbonyl (C=O) groups is 4. The fraction of sp³-hybridized carbons (Fsp3) is 0.115. The van der Waals surface area contributed by atoms with E-state index in [4.69, 9.17) is 34.8 Å². The molecule has 1 aliphatic heterocycles. The average molecular weight is 554 g/mol. The molecule has 0 fully saturated rings. The quantitative estimate of drug-likeness (QED) is 0.114. The van der Waals surface area contributed by atoms with Crippen molar-refractivity contribution in [2.75, 3.05) is 4.90 Å². The van der Waals surface area contributed by atoms with Crippen LogP contribution in [0.2, 0.25) is 10.0 Å². The second kappa shape index (κ2) is 10.5. The van der Waals surface area contributed by atoms with Gasteiger partial charge in [0.2, 0.25) is 0 Å². The van der Waals surface area contributed by atoms with Gasteiger partial charge >= 0.3 is 5.97 Å². The minimum Gasteiger partial charge on any atom is -0.480 e. The maximum Gasteiger partial charge on any atom is 0.326 e. The highest BCUT2D eigenvalue weighted by molar-refractivity contribution is 6.40. The van der Waals surface area contributed by atoms with Gasteiger partial charge in [-0.1, -0.05) is 47.5 Å². The summed E-state index contributed by atoms with van der Waals surface area (Å²) in [5.74, 6) is 2.15. The van der Waals surface area contributed by atoms with Crippen LogP contribution in [0, 0.1) is 6.92 Å². The van der Waals surface area contributed by atoms with E-state index >= 15 is 0 Å². The number of carboxylic acids is 1. The molecule has 0 aromatic heterocycles. The van der Waals surface area contributed by atoms with Crippen molar-refractivity contribution < 1.29 is 24.3 Å². The van der Waals surface area contributed by atoms with Crippen LogP contribution >= 0.6 is 23.2 Å². The lowest BCUT2D eigenvalue weighted by Crippen LogP contribution is -2.42. The van der Waals surface area contributed by atoms with Crippen LogP contribution in [-0.2, 0) is 11.2 Å². The third kappa shape index (κ3) is 4.91. The lowest BCUT2D eigenvalue weighted by atomic mass is 10.0. The number of amidine groups is 1. The van der Waals surface area contributed by atoms with Gasteiger partial charge in [-0.15, -0.1) is 0 Å². The number of fused-ring (bicyclic) bond motifs is 1. The number of rotatable bonds is 7. The summed E-state index contributed by atoms with van der Waals surface area (Å²) in [5, 5.41) is 15.3. The molecule has 1 heterocycles. The van der Waals surface area contributed by atoms with Crippen molar-refractivity contribution >= 4 is 58.4 Å². The first-order valence-corrected chi connectivity index (χ1v) is 11.9. The number of carboxylic acid groups (broad SMARTS) is 1. The Hall–Kier alpha value is -4.41. The van der Waals surface area contributed by atoms with Crippen molar-refractivity contribution in [1.29, 1.82) is 0 Å². The Bertz CT molecular complexity index is 1500. The molecule has 3 aromatic rings. The predicted octanol–water partition coefficient (Wildman–Crippen LogP) is 3.11. The summed E-state index contributed by atoms with van der Waals surface area (Å²) in [6, 6.07) is 12.7. The number of aliphatic carboxylic acids is 1. The third-order valence-corrected chi connectivity index (χ3v) is 6.66. The van der Waals surface area contributed by atoms with E-state index in [0.29, 0.717) is 33.5 Å². The van der Waals surface area contributed by atoms with Crippen LogP contribution in [0.3, 0.4) is 0 Å². The van der Waals surface area contributed by atoms with Crippen molar-refractivity contribution in [3.8, 4) is 0 Å². The van der Waals surface area contributed by atoms with Gasteiger partial charge in [-0.3, -0.25) is 14.4 Å². The third-order valence-electron chi connectivity index (χ3n) is 6.07. The highest BCUT2D eigenvalue weighted by Gasteiger charge is 2.37. The lowest BCUT2D eigenvalue weighted by Gasteiger charge is -2.18. The number of hydrogen-bond donors (Lipinski definition) is 4. The number of hydrogen-bond acceptors (Lipinski definition) is 6. The van der Waals surface area contributed by atoms with Crippen molar-refractivity contribution in [2.45, 2.75) is 19.4 Å². The fourth-order valence-corrected chi connectivity index (χ4v) is 4.81. The topological polar surface area (TPSA) is 168 Å². The first kappa shape index (κ1) is 26.6. The van der Waals surface area contributed by atoms with Gasteiger partial charge in [0, 0.05) is 12.0 Å². The monoisotopic (exact) mass is 553 g/mol. The zero-order chi connectivity index (χ0) is 27.7. The zero-order valence-corrected chi connectivity index (χ0v) is 21.4. The molecule has 0 unspecified atom stereocenters. The largest absolute Gasteiger partial charge is 0.480 e. The molecule has 0 saturated carbocycles. The summed E-state index contributed by atoms with van der Waals surface area (Å²) in [6.45, 7) is 1.76. The summed E-state index contributed by atoms with van der Waals surface area (Å²) >= 11 is 12.4. The Balaban J connectivity index is 1.52. The van der Waals surface area contributed by atoms with E-state index in [1.807, 2.05) is 0 Å². The van der Waals surface area contributed by atoms with Crippen LogP contribution in [0.25, 0.3) is 0 Å². The van der Waals surface area contributed by atoms with Crippen LogP contribution in [-0.4, -0.2) is 40.7 Å². The van der Waals surface area contributed by atoms with Gasteiger partial charge in [0.1, 0.15) is 11.9 Å². The number of hydrazone groups is 1. The molecular weight excluding hydrogens is 533 g/mol. The molecule has 38 heavy (non-hydrogen) atoms. The van der Waals surface area contributed by atoms with Crippen molar-refractivity contribution in [3.05, 3.63) is 98.0 Å². The number of anilines is 1. The van der Waals surface area contributed by atoms with E-state index in [2.05, 4.69) is 10.4 Å². The van der Waals surface area contributed by atoms with Crippen LogP contribution in [0.15, 0.2) is 59.7 Å². The van der Waals surface area contributed by atoms with E-state index in [-0.39, 0.29) is 27.9 Å². The number of aryl methyl sites for hydroxylation is 1. The van der Waals surface area contributed by atoms with Gasteiger partial charge in [0.15, 0.2) is 0 Å². The summed E-state index contributed by atoms with van der Waals surface area (Å²) in [5.41, 5.74) is 8.07. The fourth-order valence-electron chi connectivity index (χ4n) is 4.15. The molecular formula is C26H21Cl2N5O5. The number of nitrogens with two attached hydrogens (primary N) is 2. The van der Waals surface area contributed by atoms with Gasteiger partial charge in [-0.2, -0.15) is 5.10 Å². The number of amides is 3. The first-order valence-electron chi connectivity index (χ1n) is 11.2. The number of halogens is 2. The normalized spacial score (nSPS) is 13.9. The second-order valence-electron chi connectivity index (χ2n) is 8.51. The maximum absolute atomic E-state index is 12.9. The summed E-state index contributed by atoms with van der Waals surface area (Å²) in [6.07, 6.45) is -0.0946. The average Bonchev–Trinajstić information content (AvgIpc) is 3.13. The highest BCUT2D eigenvalue weighted by atomic mass is 35.5. The van der Waals surface area contributed by atoms with Crippen LogP contribution in [0.5, 0.6) is 0 Å². The van der Waals surface area contributed by atoms with Crippen LogP contribution < -0.4 is 21.8 Å². The number of benzene rings is 3. The van der Waals surface area contributed by atoms with Gasteiger partial charge < -0.3 is 22.0 Å². The summed E-state index contributed by atoms with van der Waals surface area (Å²) < 4.78 is 0. The van der Waals surface area contributed by atoms with Gasteiger partial charge in [-0.25, -0.2) is 9.69 Å². The minimum absolute atomic E-state index is 0.0519. The Morgan fingerprint density at radius 1 is 1.05 bits per heavy atom. The molecule has 1 atom stereocenters. The van der Waals surface area contributed by atoms with Crippen molar-refractivity contribution in [2.24, 2.45) is 16.7 Å². The molecule has 3 aromatic carbocycles. The molecule has 0 spiro atoms. The molecule has 3 amide bonds. The molecule has 0 saturated heterocycles. The molecule has 0 bridgehead atoms. The first-order chi connectivity index (χ1) is 18.0. The van der Waals surface area contributed by atoms with Crippen molar-refractivity contribution in [3.63, 3.8) is 0 Å². The minimum atomic E-state index is -1.34. The van der Waals surface area contributed by atoms with Crippen LogP contribution in [0.4, 0.5) is 5.69 Å². The molecule has 12 heteroatoms. The SMILES string of the molecule is Cc1cccc2c1C(=O)N(c1ccc(C[C@H](NC(=O)c3c(Cl)cc(C(N)=NN)cc3Cl)C(=O)O)cc1)C2=O. The number of nitrogens with one attached hydrogen (secondary N) is 1. The Labute approximate surface area is 226 Å². The lowest BCUT2D eigenvalue weighted by molar-refractivity contribution is -0.139. The molecule has 10 nitrogen and oxygen atoms in total. The molecule has 0 radical (unpaired) electrons. The molecule has 6 N–H and O–H groups in total. The van der Waals surface area contributed by atoms with E-state index in [1.54, 1.807) is 49.4 Å².